The number of aliphatic imine (C=N–C) groups is 1. The number of carbonyl (C=O) groups is 2. The number of nitrogens with zero attached hydrogens (tertiary/aromatic N) is 3. The van der Waals surface area contributed by atoms with E-state index in [1.54, 1.807) is 12.3 Å². The Bertz CT molecular complexity index is 1680. The molecular weight excluding hydrogens is 547 g/mol. The quantitative estimate of drug-likeness (QED) is 0.433. The fourth-order valence-corrected chi connectivity index (χ4v) is 10.5. The maximum Gasteiger partial charge on any atom is 0.357 e. The second kappa shape index (κ2) is 6.76. The van der Waals surface area contributed by atoms with E-state index >= 15 is 0 Å². The molecule has 6 fully saturated rings. The smallest absolute Gasteiger partial charge is 0.357 e. The van der Waals surface area contributed by atoms with Crippen molar-refractivity contribution in [3.05, 3.63) is 80.3 Å². The highest BCUT2D eigenvalue weighted by Crippen LogP contribution is 3.10. The lowest BCUT2D eigenvalue weighted by Crippen LogP contribution is -3.11. The first-order valence-electron chi connectivity index (χ1n) is 12.6. The number of benzene rings is 1. The lowest BCUT2D eigenvalue weighted by Gasteiger charge is -3.10. The fourth-order valence-electron chi connectivity index (χ4n) is 9.64. The van der Waals surface area contributed by atoms with Crippen LogP contribution in [0.3, 0.4) is 0 Å². The Morgan fingerprint density at radius 2 is 1.90 bits per heavy atom. The predicted molar refractivity (Wildman–Crippen MR) is 133 cm³/mol. The van der Waals surface area contributed by atoms with Crippen LogP contribution in [0.15, 0.2) is 56.7 Å². The summed E-state index contributed by atoms with van der Waals surface area (Å²) in [5.74, 6) is 0.957. The van der Waals surface area contributed by atoms with E-state index in [4.69, 9.17) is 25.7 Å². The van der Waals surface area contributed by atoms with Crippen molar-refractivity contribution in [1.82, 2.24) is 15.3 Å². The minimum Gasteiger partial charge on any atom is -0.476 e. The molecule has 1 unspecified atom stereocenters. The molecule has 0 bridgehead atoms. The van der Waals surface area contributed by atoms with Gasteiger partial charge in [-0.1, -0.05) is 17.7 Å². The van der Waals surface area contributed by atoms with Gasteiger partial charge in [-0.3, -0.25) is 4.99 Å². The summed E-state index contributed by atoms with van der Waals surface area (Å²) in [6.45, 7) is 0. The van der Waals surface area contributed by atoms with Crippen LogP contribution >= 0.6 is 22.9 Å². The molecule has 1 atom stereocenters. The summed E-state index contributed by atoms with van der Waals surface area (Å²) in [7, 11) is 1.34. The number of hydrogen-bond donors (Lipinski definition) is 2. The number of esters is 1. The second-order valence-corrected chi connectivity index (χ2v) is 12.5. The summed E-state index contributed by atoms with van der Waals surface area (Å²) >= 11 is 7.93. The Kier molecular flexibility index (Phi) is 3.86. The maximum atomic E-state index is 14.0. The van der Waals surface area contributed by atoms with Gasteiger partial charge in [-0.15, -0.1) is 11.3 Å². The van der Waals surface area contributed by atoms with E-state index in [2.05, 4.69) is 15.3 Å². The molecule has 2 N–H and O–H groups in total. The van der Waals surface area contributed by atoms with Crippen molar-refractivity contribution >= 4 is 40.7 Å². The molecule has 1 aromatic carbocycles. The highest BCUT2D eigenvalue weighted by atomic mass is 35.5. The number of oxazole rings is 1. The molecule has 0 amide bonds. The first-order chi connectivity index (χ1) is 18.9. The average molecular weight is 565 g/mol. The van der Waals surface area contributed by atoms with Crippen molar-refractivity contribution in [3.63, 3.8) is 0 Å². The number of carboxylic acid groups (broad SMARTS) is 1. The molecule has 1 aliphatic heterocycles. The lowest BCUT2D eigenvalue weighted by atomic mass is 8.92. The monoisotopic (exact) mass is 564 g/mol. The minimum absolute atomic E-state index is 0.0682. The molecule has 10 rings (SSSR count). The lowest BCUT2D eigenvalue weighted by molar-refractivity contribution is -0.621. The van der Waals surface area contributed by atoms with Crippen LogP contribution in [0, 0.1) is 46.7 Å². The number of methoxy groups -OCH3 is 1. The first-order valence-corrected chi connectivity index (χ1v) is 13.8. The summed E-state index contributed by atoms with van der Waals surface area (Å²) in [6.07, 6.45) is 2.92. The van der Waals surface area contributed by atoms with Gasteiger partial charge in [0.1, 0.15) is 18.1 Å². The number of carboxylic acids is 1. The number of hydrogen-bond acceptors (Lipinski definition) is 9. The number of thiazole rings is 1. The zero-order valence-electron chi connectivity index (χ0n) is 20.1. The number of rotatable bonds is 6. The van der Waals surface area contributed by atoms with Gasteiger partial charge < -0.3 is 19.6 Å². The minimum atomic E-state index is -1.10. The largest absolute Gasteiger partial charge is 0.476 e. The van der Waals surface area contributed by atoms with E-state index in [9.17, 15) is 19.1 Å². The molecule has 6 aliphatic carbocycles. The molecule has 6 saturated carbocycles. The zero-order valence-corrected chi connectivity index (χ0v) is 21.7. The predicted octanol–water partition coefficient (Wildman–Crippen LogP) is 3.83. The average Bonchev–Trinajstić information content (AvgIpc) is 3.65. The van der Waals surface area contributed by atoms with Crippen molar-refractivity contribution in [2.75, 3.05) is 7.11 Å². The summed E-state index contributed by atoms with van der Waals surface area (Å²) in [4.78, 5) is 38.4. The topological polar surface area (TPSA) is 127 Å². The Hall–Kier alpha value is -3.57. The molecule has 2 aromatic heterocycles. The van der Waals surface area contributed by atoms with Gasteiger partial charge in [0.05, 0.1) is 18.1 Å². The van der Waals surface area contributed by atoms with E-state index in [0.29, 0.717) is 63.4 Å². The molecule has 7 aliphatic rings. The number of amidine groups is 1. The van der Waals surface area contributed by atoms with Crippen LogP contribution < -0.4 is 5.32 Å². The number of allylic oxidation sites excluding steroid dienone is 1. The molecular formula is C27H18ClFN4O5S. The normalized spacial score (nSPS) is 39.2. The van der Waals surface area contributed by atoms with Gasteiger partial charge in [-0.2, -0.15) is 0 Å². The number of aromatic carboxylic acids is 1. The van der Waals surface area contributed by atoms with E-state index in [0.717, 1.165) is 5.70 Å². The van der Waals surface area contributed by atoms with Crippen molar-refractivity contribution in [1.29, 1.82) is 0 Å². The molecule has 196 valence electrons. The van der Waals surface area contributed by atoms with Gasteiger partial charge >= 0.3 is 11.9 Å². The number of ether oxygens (including phenoxy) is 1. The van der Waals surface area contributed by atoms with E-state index in [1.165, 1.54) is 36.8 Å². The van der Waals surface area contributed by atoms with Crippen LogP contribution in [-0.4, -0.2) is 40.0 Å². The third kappa shape index (κ3) is 2.10. The Morgan fingerprint density at radius 1 is 1.18 bits per heavy atom. The highest BCUT2D eigenvalue weighted by Gasteiger charge is 3.11. The van der Waals surface area contributed by atoms with Crippen LogP contribution in [0.5, 0.6) is 0 Å². The van der Waals surface area contributed by atoms with Gasteiger partial charge in [0.25, 0.3) is 0 Å². The number of aromatic nitrogens is 2. The third-order valence-corrected chi connectivity index (χ3v) is 11.6. The highest BCUT2D eigenvalue weighted by molar-refractivity contribution is 7.11. The van der Waals surface area contributed by atoms with Crippen LogP contribution in [-0.2, 0) is 14.9 Å². The third-order valence-electron chi connectivity index (χ3n) is 10.5. The summed E-state index contributed by atoms with van der Waals surface area (Å²) in [5, 5.41) is 15.5. The Morgan fingerprint density at radius 3 is 2.49 bits per heavy atom. The first kappa shape index (κ1) is 22.3. The SMILES string of the molecule is COC(=O)C1=C(C23C4C5C2C2C3C4C52c2nc(C(=O)O)co2)NC(c2nccs2)=NC1c1ccc(F)cc1Cl. The van der Waals surface area contributed by atoms with Crippen molar-refractivity contribution in [2.24, 2.45) is 45.9 Å². The fraction of sp³-hybridized carbons (Fsp3) is 0.370. The molecule has 0 radical (unpaired) electrons. The van der Waals surface area contributed by atoms with Crippen LogP contribution in [0.1, 0.15) is 33.0 Å². The zero-order chi connectivity index (χ0) is 26.6. The summed E-state index contributed by atoms with van der Waals surface area (Å²) in [6, 6.07) is 3.31. The molecule has 0 saturated heterocycles. The summed E-state index contributed by atoms with van der Waals surface area (Å²) < 4.78 is 24.9. The van der Waals surface area contributed by atoms with Gasteiger partial charge in [0.2, 0.25) is 5.89 Å². The van der Waals surface area contributed by atoms with Gasteiger partial charge in [-0.25, -0.2) is 23.9 Å². The molecule has 9 nitrogen and oxygen atoms in total. The van der Waals surface area contributed by atoms with Crippen LogP contribution in [0.4, 0.5) is 4.39 Å². The molecule has 3 aromatic rings. The summed E-state index contributed by atoms with van der Waals surface area (Å²) in [5.41, 5.74) is 1.23. The molecule has 39 heavy (non-hydrogen) atoms. The van der Waals surface area contributed by atoms with Gasteiger partial charge in [0, 0.05) is 33.3 Å². The molecule has 3 heterocycles. The Labute approximate surface area is 228 Å². The van der Waals surface area contributed by atoms with E-state index in [-0.39, 0.29) is 21.5 Å². The standard InChI is InChI=1S/C27H18ClFN4O5S/c1-37-24(36)12-19(9-3-2-8(29)6-10(9)28)32-21(22-30-4-5-39-22)33-20(12)26-13-16-14(26)18-15(26)17(13)27(16,18)25-31-11(7-38-25)23(34)35/h2-7,13-19H,1H3,(H,32,33)(H,34,35). The van der Waals surface area contributed by atoms with E-state index in [1.807, 2.05) is 5.38 Å². The van der Waals surface area contributed by atoms with Gasteiger partial charge in [0.15, 0.2) is 16.5 Å². The maximum absolute atomic E-state index is 14.0. The van der Waals surface area contributed by atoms with Crippen LogP contribution in [0.2, 0.25) is 5.02 Å². The Balaban J connectivity index is 1.16. The van der Waals surface area contributed by atoms with E-state index < -0.39 is 23.8 Å². The van der Waals surface area contributed by atoms with Crippen LogP contribution in [0.25, 0.3) is 0 Å². The number of carbonyl (C=O) groups excluding carboxylic acids is 1. The molecule has 12 heteroatoms. The van der Waals surface area contributed by atoms with Crippen molar-refractivity contribution in [2.45, 2.75) is 11.5 Å². The number of nitrogens with one attached hydrogen (secondary N) is 1. The second-order valence-electron chi connectivity index (χ2n) is 11.2. The van der Waals surface area contributed by atoms with Gasteiger partial charge in [-0.05, 0) is 47.6 Å². The molecule has 0 spiro atoms. The van der Waals surface area contributed by atoms with Crippen molar-refractivity contribution < 1.29 is 28.2 Å². The number of halogens is 2. The van der Waals surface area contributed by atoms with Crippen molar-refractivity contribution in [3.8, 4) is 0 Å².